The lowest BCUT2D eigenvalue weighted by molar-refractivity contribution is -0.156. The molecule has 0 fully saturated rings. The van der Waals surface area contributed by atoms with E-state index in [0.29, 0.717) is 35.4 Å². The normalized spacial score (nSPS) is 12.8. The number of phenols is 1. The second-order valence-electron chi connectivity index (χ2n) is 13.6. The Morgan fingerprint density at radius 2 is 1.17 bits per heavy atom. The summed E-state index contributed by atoms with van der Waals surface area (Å²) in [6, 6.07) is 41.3. The summed E-state index contributed by atoms with van der Waals surface area (Å²) >= 11 is 0. The number of carbonyl (C=O) groups is 1. The Hall–Kier alpha value is -5.86. The van der Waals surface area contributed by atoms with Gasteiger partial charge in [-0.2, -0.15) is 0 Å². The Balaban J connectivity index is 1.27. The van der Waals surface area contributed by atoms with Crippen LogP contribution in [0.1, 0.15) is 46.5 Å². The third-order valence-corrected chi connectivity index (χ3v) is 9.77. The molecule has 2 atom stereocenters. The molecule has 1 heterocycles. The van der Waals surface area contributed by atoms with Gasteiger partial charge in [0.1, 0.15) is 11.5 Å². The number of esters is 1. The number of ether oxygens (including phenoxy) is 3. The Bertz CT molecular complexity index is 2020. The van der Waals surface area contributed by atoms with Crippen LogP contribution in [0.5, 0.6) is 11.5 Å². The molecule has 8 nitrogen and oxygen atoms in total. The summed E-state index contributed by atoms with van der Waals surface area (Å²) in [5.41, 5.74) is 6.14. The maximum atomic E-state index is 13.0. The molecular weight excluding hydrogens is 675 g/mol. The summed E-state index contributed by atoms with van der Waals surface area (Å²) < 4.78 is 17.2. The third kappa shape index (κ3) is 9.19. The highest BCUT2D eigenvalue weighted by molar-refractivity contribution is 5.76. The Morgan fingerprint density at radius 1 is 0.667 bits per heavy atom. The monoisotopic (exact) mass is 721 g/mol. The minimum atomic E-state index is -0.897. The first-order valence-electron chi connectivity index (χ1n) is 18.5. The fourth-order valence-electron chi connectivity index (χ4n) is 6.43. The van der Waals surface area contributed by atoms with E-state index in [-0.39, 0.29) is 17.8 Å². The molecule has 1 N–H and O–H groups in total. The molecule has 276 valence electrons. The number of rotatable bonds is 16. The molecule has 0 aliphatic carbocycles. The second kappa shape index (κ2) is 17.8. The Morgan fingerprint density at radius 3 is 1.65 bits per heavy atom. The van der Waals surface area contributed by atoms with Crippen LogP contribution in [-0.4, -0.2) is 52.5 Å². The van der Waals surface area contributed by atoms with E-state index in [4.69, 9.17) is 29.2 Å². The predicted octanol–water partition coefficient (Wildman–Crippen LogP) is 10.5. The van der Waals surface area contributed by atoms with Crippen molar-refractivity contribution in [1.29, 1.82) is 0 Å². The van der Waals surface area contributed by atoms with Crippen molar-refractivity contribution in [2.75, 3.05) is 20.3 Å². The molecule has 1 aromatic heterocycles. The van der Waals surface area contributed by atoms with Gasteiger partial charge in [0.25, 0.3) is 0 Å². The highest BCUT2D eigenvalue weighted by Gasteiger charge is 2.31. The molecule has 0 amide bonds. The first kappa shape index (κ1) is 37.9. The molecule has 0 bridgehead atoms. The lowest BCUT2D eigenvalue weighted by atomic mass is 9.82. The molecule has 0 saturated heterocycles. The third-order valence-electron chi connectivity index (χ3n) is 9.77. The predicted molar refractivity (Wildman–Crippen MR) is 214 cm³/mol. The second-order valence-corrected chi connectivity index (χ2v) is 13.6. The van der Waals surface area contributed by atoms with Gasteiger partial charge in [-0.3, -0.25) is 0 Å². The number of methoxy groups -OCH3 is 1. The van der Waals surface area contributed by atoms with Gasteiger partial charge in [0.15, 0.2) is 23.6 Å². The van der Waals surface area contributed by atoms with Crippen LogP contribution in [0.25, 0.3) is 56.4 Å². The van der Waals surface area contributed by atoms with Crippen molar-refractivity contribution in [3.8, 4) is 67.9 Å². The van der Waals surface area contributed by atoms with Gasteiger partial charge in [0, 0.05) is 29.7 Å². The van der Waals surface area contributed by atoms with Crippen molar-refractivity contribution < 1.29 is 24.1 Å². The summed E-state index contributed by atoms with van der Waals surface area (Å²) in [6.45, 7) is 6.64. The van der Waals surface area contributed by atoms with E-state index < -0.39 is 12.1 Å². The van der Waals surface area contributed by atoms with Crippen molar-refractivity contribution in [1.82, 2.24) is 15.0 Å². The zero-order chi connectivity index (χ0) is 37.9. The highest BCUT2D eigenvalue weighted by atomic mass is 16.6. The molecule has 0 aliphatic heterocycles. The van der Waals surface area contributed by atoms with E-state index in [9.17, 15) is 9.90 Å². The summed E-state index contributed by atoms with van der Waals surface area (Å²) in [6.07, 6.45) is 2.92. The minimum absolute atomic E-state index is 0.0975. The van der Waals surface area contributed by atoms with E-state index in [0.717, 1.165) is 59.1 Å². The standard InChI is InChI=1S/C46H47N3O5/c1-5-7-28-46(6-2,30-52-4)31-53-45(51)32(3)54-39-26-27-40(41(50)29-39)44-48-42(37-22-18-35(19-23-37)33-14-10-8-11-15-33)47-43(49-44)38-24-20-36(21-25-38)34-16-12-9-13-17-34/h8-27,29,32,50H,5-7,28,30-31H2,1-4H3. The van der Waals surface area contributed by atoms with Crippen LogP contribution >= 0.6 is 0 Å². The van der Waals surface area contributed by atoms with Gasteiger partial charge in [-0.15, -0.1) is 0 Å². The molecule has 8 heteroatoms. The number of hydrogen-bond donors (Lipinski definition) is 1. The van der Waals surface area contributed by atoms with Crippen molar-refractivity contribution >= 4 is 5.97 Å². The van der Waals surface area contributed by atoms with Crippen LogP contribution in [0.2, 0.25) is 0 Å². The molecule has 0 saturated carbocycles. The van der Waals surface area contributed by atoms with E-state index >= 15 is 0 Å². The molecule has 6 aromatic rings. The molecule has 2 unspecified atom stereocenters. The molecular formula is C46H47N3O5. The molecule has 5 aromatic carbocycles. The van der Waals surface area contributed by atoms with Crippen molar-refractivity contribution in [3.05, 3.63) is 127 Å². The summed E-state index contributed by atoms with van der Waals surface area (Å²) in [5.74, 6) is 0.966. The summed E-state index contributed by atoms with van der Waals surface area (Å²) in [5, 5.41) is 11.3. The number of nitrogens with zero attached hydrogens (tertiary/aromatic N) is 3. The Labute approximate surface area is 317 Å². The van der Waals surface area contributed by atoms with Gasteiger partial charge in [0.05, 0.1) is 18.8 Å². The zero-order valence-electron chi connectivity index (χ0n) is 31.4. The quantitative estimate of drug-likeness (QED) is 0.0985. The van der Waals surface area contributed by atoms with Crippen LogP contribution < -0.4 is 4.74 Å². The maximum absolute atomic E-state index is 13.0. The van der Waals surface area contributed by atoms with Gasteiger partial charge in [-0.05, 0) is 54.2 Å². The average molecular weight is 722 g/mol. The molecule has 0 aliphatic rings. The number of carbonyl (C=O) groups excluding carboxylic acids is 1. The first-order valence-corrected chi connectivity index (χ1v) is 18.5. The molecule has 54 heavy (non-hydrogen) atoms. The average Bonchev–Trinajstić information content (AvgIpc) is 3.22. The van der Waals surface area contributed by atoms with Gasteiger partial charge in [0.2, 0.25) is 0 Å². The van der Waals surface area contributed by atoms with Gasteiger partial charge in [-0.1, -0.05) is 136 Å². The van der Waals surface area contributed by atoms with Crippen molar-refractivity contribution in [2.24, 2.45) is 5.41 Å². The van der Waals surface area contributed by atoms with Crippen molar-refractivity contribution in [2.45, 2.75) is 52.6 Å². The van der Waals surface area contributed by atoms with Crippen LogP contribution in [0.4, 0.5) is 0 Å². The van der Waals surface area contributed by atoms with Gasteiger partial charge < -0.3 is 19.3 Å². The van der Waals surface area contributed by atoms with Crippen LogP contribution in [0.15, 0.2) is 127 Å². The number of aromatic hydroxyl groups is 1. The maximum Gasteiger partial charge on any atom is 0.347 e. The zero-order valence-corrected chi connectivity index (χ0v) is 31.4. The number of unbranched alkanes of at least 4 members (excludes halogenated alkanes) is 1. The largest absolute Gasteiger partial charge is 0.507 e. The minimum Gasteiger partial charge on any atom is -0.507 e. The van der Waals surface area contributed by atoms with E-state index in [1.54, 1.807) is 26.2 Å². The van der Waals surface area contributed by atoms with E-state index in [1.165, 1.54) is 6.07 Å². The lowest BCUT2D eigenvalue weighted by Crippen LogP contribution is -2.35. The SMILES string of the molecule is CCCCC(CC)(COC)COC(=O)C(C)Oc1ccc(-c2nc(-c3ccc(-c4ccccc4)cc3)nc(-c3ccc(-c4ccccc4)cc3)n2)c(O)c1. The summed E-state index contributed by atoms with van der Waals surface area (Å²) in [7, 11) is 1.67. The van der Waals surface area contributed by atoms with Crippen molar-refractivity contribution in [3.63, 3.8) is 0 Å². The molecule has 6 rings (SSSR count). The lowest BCUT2D eigenvalue weighted by Gasteiger charge is -2.32. The topological polar surface area (TPSA) is 104 Å². The number of hydrogen-bond acceptors (Lipinski definition) is 8. The fourth-order valence-corrected chi connectivity index (χ4v) is 6.43. The number of benzene rings is 5. The van der Waals surface area contributed by atoms with Gasteiger partial charge >= 0.3 is 5.97 Å². The molecule has 0 radical (unpaired) electrons. The Kier molecular flexibility index (Phi) is 12.5. The number of aromatic nitrogens is 3. The number of phenolic OH excluding ortho intramolecular Hbond substituents is 1. The van der Waals surface area contributed by atoms with Crippen LogP contribution in [0, 0.1) is 5.41 Å². The molecule has 0 spiro atoms. The van der Waals surface area contributed by atoms with Gasteiger partial charge in [-0.25, -0.2) is 19.7 Å². The fraction of sp³-hybridized carbons (Fsp3) is 0.261. The smallest absolute Gasteiger partial charge is 0.347 e. The van der Waals surface area contributed by atoms with E-state index in [1.807, 2.05) is 84.9 Å². The van der Waals surface area contributed by atoms with Crippen LogP contribution in [0.3, 0.4) is 0 Å². The summed E-state index contributed by atoms with van der Waals surface area (Å²) in [4.78, 5) is 27.6. The van der Waals surface area contributed by atoms with Crippen LogP contribution in [-0.2, 0) is 14.3 Å². The highest BCUT2D eigenvalue weighted by Crippen LogP contribution is 2.35. The van der Waals surface area contributed by atoms with E-state index in [2.05, 4.69) is 38.1 Å². The first-order chi connectivity index (χ1) is 26.3.